The van der Waals surface area contributed by atoms with Crippen LogP contribution in [0.1, 0.15) is 64.7 Å². The molecule has 0 saturated heterocycles. The molecule has 0 spiro atoms. The summed E-state index contributed by atoms with van der Waals surface area (Å²) in [5.41, 5.74) is 0. The molecule has 4 N–H and O–H groups in total. The monoisotopic (exact) mass is 646 g/mol. The van der Waals surface area contributed by atoms with Crippen molar-refractivity contribution in [1.29, 1.82) is 0 Å². The molecule has 1 rings (SSSR count). The van der Waals surface area contributed by atoms with Gasteiger partial charge in [-0.3, -0.25) is 0 Å². The van der Waals surface area contributed by atoms with E-state index >= 15 is 0 Å². The number of hydrogen-bond donors (Lipinski definition) is 4. The first-order valence-corrected chi connectivity index (χ1v) is 10.3. The Hall–Kier alpha value is 1.76. The largest absolute Gasteiger partial charge is 0.317 e. The fraction of sp³-hybridized carbons (Fsp3) is 1.00. The Morgan fingerprint density at radius 1 is 0.556 bits per heavy atom. The van der Waals surface area contributed by atoms with Crippen LogP contribution in [-0.4, -0.2) is 52.4 Å². The van der Waals surface area contributed by atoms with Gasteiger partial charge in [-0.05, 0) is 90.4 Å². The van der Waals surface area contributed by atoms with Gasteiger partial charge in [-0.1, -0.05) is 32.6 Å². The average Bonchev–Trinajstić information content (AvgIpc) is 2.84. The Morgan fingerprint density at radius 3 is 1.41 bits per heavy atom. The van der Waals surface area contributed by atoms with Gasteiger partial charge in [0.15, 0.2) is 0 Å². The predicted molar refractivity (Wildman–Crippen MR) is 143 cm³/mol. The lowest BCUT2D eigenvalue weighted by Crippen LogP contribution is -2.28. The molecule has 0 aromatic rings. The molecule has 170 valence electrons. The number of hydrogen-bond acceptors (Lipinski definition) is 4. The van der Waals surface area contributed by atoms with Gasteiger partial charge in [0.1, 0.15) is 0 Å². The molecule has 0 aromatic carbocycles. The SMILES string of the molecule is Br.Br.Br.Br.CCNCCCNCCCNCCCNCC1CCCCCC1. The molecular weight excluding hydrogens is 604 g/mol. The lowest BCUT2D eigenvalue weighted by Gasteiger charge is -2.14. The molecule has 0 aliphatic heterocycles. The Labute approximate surface area is 211 Å². The molecule has 0 unspecified atom stereocenters. The molecule has 0 aromatic heterocycles. The molecule has 1 aliphatic carbocycles. The third-order valence-corrected chi connectivity index (χ3v) is 4.78. The van der Waals surface area contributed by atoms with Crippen LogP contribution in [0.2, 0.25) is 0 Å². The van der Waals surface area contributed by atoms with Gasteiger partial charge in [0, 0.05) is 0 Å². The molecule has 1 fully saturated rings. The Bertz CT molecular complexity index is 244. The molecule has 4 nitrogen and oxygen atoms in total. The molecule has 0 radical (unpaired) electrons. The normalized spacial score (nSPS) is 14.1. The second-order valence-corrected chi connectivity index (χ2v) is 6.98. The molecule has 8 heteroatoms. The van der Waals surface area contributed by atoms with Crippen molar-refractivity contribution >= 4 is 67.9 Å². The molecule has 0 bridgehead atoms. The zero-order valence-corrected chi connectivity index (χ0v) is 24.1. The summed E-state index contributed by atoms with van der Waals surface area (Å²) in [5, 5.41) is 14.1. The van der Waals surface area contributed by atoms with Crippen LogP contribution in [-0.2, 0) is 0 Å². The van der Waals surface area contributed by atoms with Crippen molar-refractivity contribution in [2.45, 2.75) is 64.7 Å². The van der Waals surface area contributed by atoms with Crippen LogP contribution < -0.4 is 21.3 Å². The Morgan fingerprint density at radius 2 is 0.963 bits per heavy atom. The van der Waals surface area contributed by atoms with Crippen LogP contribution in [0.25, 0.3) is 0 Å². The number of nitrogens with one attached hydrogen (secondary N) is 4. The summed E-state index contributed by atoms with van der Waals surface area (Å²) < 4.78 is 0. The van der Waals surface area contributed by atoms with Crippen molar-refractivity contribution in [1.82, 2.24) is 21.3 Å². The van der Waals surface area contributed by atoms with E-state index in [2.05, 4.69) is 28.2 Å². The molecular formula is C19H46Br4N4. The maximum Gasteiger partial charge on any atom is -0.00205 e. The van der Waals surface area contributed by atoms with E-state index in [0.717, 1.165) is 45.2 Å². The van der Waals surface area contributed by atoms with Crippen LogP contribution in [0.4, 0.5) is 0 Å². The van der Waals surface area contributed by atoms with Crippen molar-refractivity contribution < 1.29 is 0 Å². The highest BCUT2D eigenvalue weighted by molar-refractivity contribution is 8.93. The van der Waals surface area contributed by atoms with Crippen LogP contribution in [0.3, 0.4) is 0 Å². The van der Waals surface area contributed by atoms with E-state index in [1.165, 1.54) is 70.9 Å². The summed E-state index contributed by atoms with van der Waals surface area (Å²) in [7, 11) is 0. The minimum Gasteiger partial charge on any atom is -0.317 e. The summed E-state index contributed by atoms with van der Waals surface area (Å²) in [5.74, 6) is 0.948. The summed E-state index contributed by atoms with van der Waals surface area (Å²) >= 11 is 0. The fourth-order valence-corrected chi connectivity index (χ4v) is 3.32. The maximum absolute atomic E-state index is 3.66. The van der Waals surface area contributed by atoms with Gasteiger partial charge >= 0.3 is 0 Å². The minimum absolute atomic E-state index is 0. The number of rotatable bonds is 15. The van der Waals surface area contributed by atoms with Crippen molar-refractivity contribution in [3.8, 4) is 0 Å². The minimum atomic E-state index is 0. The highest BCUT2D eigenvalue weighted by atomic mass is 79.9. The second kappa shape index (κ2) is 30.0. The van der Waals surface area contributed by atoms with Gasteiger partial charge in [0.05, 0.1) is 0 Å². The zero-order valence-electron chi connectivity index (χ0n) is 17.2. The quantitative estimate of drug-likeness (QED) is 0.152. The van der Waals surface area contributed by atoms with Crippen LogP contribution in [0, 0.1) is 5.92 Å². The van der Waals surface area contributed by atoms with E-state index in [9.17, 15) is 0 Å². The summed E-state index contributed by atoms with van der Waals surface area (Å²) in [6, 6.07) is 0. The standard InChI is InChI=1S/C19H42N4.4BrH/c1-2-20-12-7-13-21-14-8-15-22-16-9-17-23-18-19-10-5-3-4-6-11-19;;;;/h19-23H,2-18H2,1H3;4*1H. The van der Waals surface area contributed by atoms with Crippen LogP contribution in [0.15, 0.2) is 0 Å². The average molecular weight is 650 g/mol. The van der Waals surface area contributed by atoms with Crippen molar-refractivity contribution in [2.75, 3.05) is 52.4 Å². The second-order valence-electron chi connectivity index (χ2n) is 6.98. The highest BCUT2D eigenvalue weighted by Crippen LogP contribution is 2.21. The van der Waals surface area contributed by atoms with E-state index in [-0.39, 0.29) is 67.9 Å². The van der Waals surface area contributed by atoms with Crippen LogP contribution >= 0.6 is 67.9 Å². The third-order valence-electron chi connectivity index (χ3n) is 4.78. The third kappa shape index (κ3) is 25.7. The van der Waals surface area contributed by atoms with E-state index in [1.807, 2.05) is 0 Å². The summed E-state index contributed by atoms with van der Waals surface area (Å²) in [6.07, 6.45) is 12.5. The first-order valence-electron chi connectivity index (χ1n) is 10.3. The van der Waals surface area contributed by atoms with Gasteiger partial charge < -0.3 is 21.3 Å². The van der Waals surface area contributed by atoms with Crippen molar-refractivity contribution in [2.24, 2.45) is 5.92 Å². The summed E-state index contributed by atoms with van der Waals surface area (Å²) in [6.45, 7) is 11.4. The first kappa shape index (κ1) is 36.2. The van der Waals surface area contributed by atoms with Gasteiger partial charge in [-0.15, -0.1) is 67.9 Å². The highest BCUT2D eigenvalue weighted by Gasteiger charge is 2.10. The Balaban J connectivity index is -0.000000661. The topological polar surface area (TPSA) is 48.1 Å². The molecule has 27 heavy (non-hydrogen) atoms. The van der Waals surface area contributed by atoms with Gasteiger partial charge in [-0.25, -0.2) is 0 Å². The molecule has 0 atom stereocenters. The lowest BCUT2D eigenvalue weighted by atomic mass is 10.0. The van der Waals surface area contributed by atoms with E-state index in [1.54, 1.807) is 0 Å². The molecule has 0 amide bonds. The lowest BCUT2D eigenvalue weighted by molar-refractivity contribution is 0.422. The summed E-state index contributed by atoms with van der Waals surface area (Å²) in [4.78, 5) is 0. The molecule has 0 heterocycles. The fourth-order valence-electron chi connectivity index (χ4n) is 3.32. The molecule has 1 aliphatic rings. The van der Waals surface area contributed by atoms with Crippen LogP contribution in [0.5, 0.6) is 0 Å². The predicted octanol–water partition coefficient (Wildman–Crippen LogP) is 4.82. The van der Waals surface area contributed by atoms with Crippen molar-refractivity contribution in [3.63, 3.8) is 0 Å². The molecule has 1 saturated carbocycles. The van der Waals surface area contributed by atoms with E-state index in [4.69, 9.17) is 0 Å². The van der Waals surface area contributed by atoms with Gasteiger partial charge in [-0.2, -0.15) is 0 Å². The van der Waals surface area contributed by atoms with Crippen molar-refractivity contribution in [3.05, 3.63) is 0 Å². The smallest absolute Gasteiger partial charge is 0.00205 e. The Kier molecular flexibility index (Phi) is 40.1. The first-order chi connectivity index (χ1) is 11.4. The van der Waals surface area contributed by atoms with E-state index in [0.29, 0.717) is 0 Å². The van der Waals surface area contributed by atoms with E-state index < -0.39 is 0 Å². The van der Waals surface area contributed by atoms with Gasteiger partial charge in [0.25, 0.3) is 0 Å². The zero-order chi connectivity index (χ0) is 16.4. The van der Waals surface area contributed by atoms with Gasteiger partial charge in [0.2, 0.25) is 0 Å². The number of halogens is 4. The maximum atomic E-state index is 3.66.